The van der Waals surface area contributed by atoms with E-state index < -0.39 is 5.60 Å². The predicted octanol–water partition coefficient (Wildman–Crippen LogP) is 0.906. The fourth-order valence-electron chi connectivity index (χ4n) is 1.29. The second kappa shape index (κ2) is 3.94. The van der Waals surface area contributed by atoms with Gasteiger partial charge in [0.15, 0.2) is 0 Å². The SMILES string of the molecule is COC(C)C(C)(O)c1cccnc1N. The summed E-state index contributed by atoms with van der Waals surface area (Å²) in [6, 6.07) is 3.49. The summed E-state index contributed by atoms with van der Waals surface area (Å²) in [6.45, 7) is 3.45. The van der Waals surface area contributed by atoms with Gasteiger partial charge in [-0.2, -0.15) is 0 Å². The molecule has 2 unspecified atom stereocenters. The fraction of sp³-hybridized carbons (Fsp3) is 0.500. The normalized spacial score (nSPS) is 17.4. The molecule has 0 saturated heterocycles. The quantitative estimate of drug-likeness (QED) is 0.753. The van der Waals surface area contributed by atoms with Crippen LogP contribution in [0.3, 0.4) is 0 Å². The summed E-state index contributed by atoms with van der Waals surface area (Å²) in [7, 11) is 1.55. The molecule has 0 aliphatic carbocycles. The van der Waals surface area contributed by atoms with Crippen LogP contribution in [0.4, 0.5) is 5.82 Å². The first-order chi connectivity index (χ1) is 6.50. The molecule has 0 saturated carbocycles. The van der Waals surface area contributed by atoms with Gasteiger partial charge in [0.1, 0.15) is 11.4 Å². The number of nitrogens with two attached hydrogens (primary N) is 1. The molecule has 14 heavy (non-hydrogen) atoms. The standard InChI is InChI=1S/C10H16N2O2/c1-7(14-3)10(2,13)8-5-4-6-12-9(8)11/h4-7,13H,1-3H3,(H2,11,12). The molecule has 0 fully saturated rings. The van der Waals surface area contributed by atoms with Gasteiger partial charge >= 0.3 is 0 Å². The lowest BCUT2D eigenvalue weighted by molar-refractivity contribution is -0.0768. The van der Waals surface area contributed by atoms with Crippen molar-refractivity contribution >= 4 is 5.82 Å². The first-order valence-electron chi connectivity index (χ1n) is 4.46. The summed E-state index contributed by atoms with van der Waals surface area (Å²) < 4.78 is 5.09. The number of anilines is 1. The Labute approximate surface area is 83.7 Å². The number of rotatable bonds is 3. The average Bonchev–Trinajstić information content (AvgIpc) is 2.17. The van der Waals surface area contributed by atoms with Crippen molar-refractivity contribution in [3.8, 4) is 0 Å². The number of hydrogen-bond donors (Lipinski definition) is 2. The smallest absolute Gasteiger partial charge is 0.129 e. The predicted molar refractivity (Wildman–Crippen MR) is 54.7 cm³/mol. The van der Waals surface area contributed by atoms with E-state index in [1.807, 2.05) is 0 Å². The summed E-state index contributed by atoms with van der Waals surface area (Å²) in [6.07, 6.45) is 1.25. The maximum atomic E-state index is 10.2. The third-order valence-electron chi connectivity index (χ3n) is 2.53. The van der Waals surface area contributed by atoms with Gasteiger partial charge in [0.2, 0.25) is 0 Å². The Balaban J connectivity index is 3.09. The summed E-state index contributed by atoms with van der Waals surface area (Å²) in [5, 5.41) is 10.2. The molecule has 3 N–H and O–H groups in total. The second-order valence-electron chi connectivity index (χ2n) is 3.46. The van der Waals surface area contributed by atoms with Gasteiger partial charge in [-0.25, -0.2) is 4.98 Å². The van der Waals surface area contributed by atoms with Gasteiger partial charge in [-0.15, -0.1) is 0 Å². The van der Waals surface area contributed by atoms with Crippen LogP contribution in [0.2, 0.25) is 0 Å². The summed E-state index contributed by atoms with van der Waals surface area (Å²) >= 11 is 0. The largest absolute Gasteiger partial charge is 0.383 e. The zero-order valence-corrected chi connectivity index (χ0v) is 8.69. The van der Waals surface area contributed by atoms with Crippen LogP contribution in [-0.2, 0) is 10.3 Å². The number of ether oxygens (including phenoxy) is 1. The Kier molecular flexibility index (Phi) is 3.08. The van der Waals surface area contributed by atoms with E-state index in [9.17, 15) is 5.11 Å². The van der Waals surface area contributed by atoms with Crippen molar-refractivity contribution < 1.29 is 9.84 Å². The molecule has 0 spiro atoms. The van der Waals surface area contributed by atoms with Crippen molar-refractivity contribution in [3.63, 3.8) is 0 Å². The molecule has 0 amide bonds. The van der Waals surface area contributed by atoms with Gasteiger partial charge in [0, 0.05) is 18.9 Å². The van der Waals surface area contributed by atoms with E-state index >= 15 is 0 Å². The highest BCUT2D eigenvalue weighted by Crippen LogP contribution is 2.29. The minimum absolute atomic E-state index is 0.335. The second-order valence-corrected chi connectivity index (χ2v) is 3.46. The minimum Gasteiger partial charge on any atom is -0.383 e. The van der Waals surface area contributed by atoms with Crippen molar-refractivity contribution in [1.82, 2.24) is 4.98 Å². The summed E-state index contributed by atoms with van der Waals surface area (Å²) in [5.74, 6) is 0.335. The lowest BCUT2D eigenvalue weighted by Gasteiger charge is -2.30. The van der Waals surface area contributed by atoms with Gasteiger partial charge in [-0.1, -0.05) is 6.07 Å². The number of aliphatic hydroxyl groups is 1. The molecule has 1 rings (SSSR count). The van der Waals surface area contributed by atoms with Gasteiger partial charge in [0.25, 0.3) is 0 Å². The first kappa shape index (κ1) is 10.9. The molecule has 0 aliphatic rings. The van der Waals surface area contributed by atoms with E-state index in [0.717, 1.165) is 0 Å². The molecule has 4 heteroatoms. The molecule has 0 aromatic carbocycles. The van der Waals surface area contributed by atoms with Gasteiger partial charge in [-0.05, 0) is 19.9 Å². The molecular weight excluding hydrogens is 180 g/mol. The topological polar surface area (TPSA) is 68.4 Å². The third kappa shape index (κ3) is 1.86. The number of hydrogen-bond acceptors (Lipinski definition) is 4. The van der Waals surface area contributed by atoms with Crippen LogP contribution in [0, 0.1) is 0 Å². The highest BCUT2D eigenvalue weighted by atomic mass is 16.5. The highest BCUT2D eigenvalue weighted by Gasteiger charge is 2.32. The maximum absolute atomic E-state index is 10.2. The first-order valence-corrected chi connectivity index (χ1v) is 4.46. The van der Waals surface area contributed by atoms with Crippen LogP contribution in [0.5, 0.6) is 0 Å². The molecule has 0 radical (unpaired) electrons. The lowest BCUT2D eigenvalue weighted by atomic mass is 9.91. The van der Waals surface area contributed by atoms with Crippen LogP contribution in [0.25, 0.3) is 0 Å². The van der Waals surface area contributed by atoms with Gasteiger partial charge in [-0.3, -0.25) is 0 Å². The van der Waals surface area contributed by atoms with Crippen LogP contribution in [-0.4, -0.2) is 23.3 Å². The van der Waals surface area contributed by atoms with E-state index in [1.165, 1.54) is 0 Å². The average molecular weight is 196 g/mol. The van der Waals surface area contributed by atoms with Crippen LogP contribution in [0.1, 0.15) is 19.4 Å². The molecule has 1 aromatic heterocycles. The summed E-state index contributed by atoms with van der Waals surface area (Å²) in [4.78, 5) is 3.92. The van der Waals surface area contributed by atoms with Crippen LogP contribution < -0.4 is 5.73 Å². The van der Waals surface area contributed by atoms with Gasteiger partial charge in [0.05, 0.1) is 6.10 Å². The van der Waals surface area contributed by atoms with Crippen molar-refractivity contribution in [2.24, 2.45) is 0 Å². The Morgan fingerprint density at radius 2 is 2.29 bits per heavy atom. The summed E-state index contributed by atoms with van der Waals surface area (Å²) in [5.41, 5.74) is 5.15. The Bertz CT molecular complexity index is 313. The van der Waals surface area contributed by atoms with E-state index in [0.29, 0.717) is 11.4 Å². The van der Waals surface area contributed by atoms with Gasteiger partial charge < -0.3 is 15.6 Å². The Morgan fingerprint density at radius 3 is 2.79 bits per heavy atom. The molecule has 78 valence electrons. The number of pyridine rings is 1. The molecule has 1 heterocycles. The van der Waals surface area contributed by atoms with E-state index in [2.05, 4.69) is 4.98 Å². The van der Waals surface area contributed by atoms with Crippen molar-refractivity contribution in [2.75, 3.05) is 12.8 Å². The van der Waals surface area contributed by atoms with E-state index in [4.69, 9.17) is 10.5 Å². The van der Waals surface area contributed by atoms with Crippen molar-refractivity contribution in [1.29, 1.82) is 0 Å². The zero-order valence-electron chi connectivity index (χ0n) is 8.69. The number of methoxy groups -OCH3 is 1. The third-order valence-corrected chi connectivity index (χ3v) is 2.53. The van der Waals surface area contributed by atoms with Crippen molar-refractivity contribution in [3.05, 3.63) is 23.9 Å². The number of aromatic nitrogens is 1. The number of nitrogen functional groups attached to an aromatic ring is 1. The zero-order chi connectivity index (χ0) is 10.8. The van der Waals surface area contributed by atoms with Crippen molar-refractivity contribution in [2.45, 2.75) is 25.6 Å². The molecule has 2 atom stereocenters. The Hall–Kier alpha value is -1.13. The molecule has 0 aliphatic heterocycles. The van der Waals surface area contributed by atoms with Crippen LogP contribution in [0.15, 0.2) is 18.3 Å². The fourth-order valence-corrected chi connectivity index (χ4v) is 1.29. The van der Waals surface area contributed by atoms with E-state index in [-0.39, 0.29) is 6.10 Å². The molecule has 0 bridgehead atoms. The molecule has 1 aromatic rings. The Morgan fingerprint density at radius 1 is 1.64 bits per heavy atom. The monoisotopic (exact) mass is 196 g/mol. The maximum Gasteiger partial charge on any atom is 0.129 e. The van der Waals surface area contributed by atoms with Crippen LogP contribution >= 0.6 is 0 Å². The lowest BCUT2D eigenvalue weighted by Crippen LogP contribution is -2.36. The molecule has 4 nitrogen and oxygen atoms in total. The highest BCUT2D eigenvalue weighted by molar-refractivity contribution is 5.42. The minimum atomic E-state index is -1.12. The van der Waals surface area contributed by atoms with E-state index in [1.54, 1.807) is 39.3 Å². The number of nitrogens with zero attached hydrogens (tertiary/aromatic N) is 1. The molecular formula is C10H16N2O2.